The number of aromatic nitrogens is 1. The fourth-order valence-electron chi connectivity index (χ4n) is 5.02. The van der Waals surface area contributed by atoms with E-state index >= 15 is 0 Å². The number of nitrogens with zero attached hydrogens (tertiary/aromatic N) is 2. The average Bonchev–Trinajstić information content (AvgIpc) is 3.54. The molecule has 0 N–H and O–H groups in total. The maximum absolute atomic E-state index is 13.9. The average molecular weight is 573 g/mol. The van der Waals surface area contributed by atoms with E-state index in [1.165, 1.54) is 39.7 Å². The molecule has 3 heterocycles. The van der Waals surface area contributed by atoms with E-state index in [2.05, 4.69) is 37.9 Å². The van der Waals surface area contributed by atoms with Gasteiger partial charge >= 0.3 is 5.97 Å². The summed E-state index contributed by atoms with van der Waals surface area (Å²) in [4.78, 5) is 32.2. The predicted octanol–water partition coefficient (Wildman–Crippen LogP) is 5.00. The molecule has 9 heteroatoms. The lowest BCUT2D eigenvalue weighted by molar-refractivity contribution is -0.139. The fourth-order valence-corrected chi connectivity index (χ4v) is 6.05. The number of carbonyl (C=O) groups excluding carboxylic acids is 1. The second-order valence-corrected chi connectivity index (χ2v) is 10.9. The van der Waals surface area contributed by atoms with E-state index in [1.807, 2.05) is 18.2 Å². The number of rotatable bonds is 7. The van der Waals surface area contributed by atoms with E-state index < -0.39 is 12.0 Å². The van der Waals surface area contributed by atoms with Crippen LogP contribution in [0.3, 0.4) is 0 Å². The second-order valence-electron chi connectivity index (χ2n) is 9.85. The van der Waals surface area contributed by atoms with Crippen LogP contribution in [-0.4, -0.2) is 31.4 Å². The number of carbonyl (C=O) groups is 1. The Morgan fingerprint density at radius 3 is 2.39 bits per heavy atom. The molecular weight excluding hydrogens is 540 g/mol. The molecule has 0 fully saturated rings. The van der Waals surface area contributed by atoms with Gasteiger partial charge in [-0.3, -0.25) is 9.36 Å². The highest BCUT2D eigenvalue weighted by molar-refractivity contribution is 7.07. The zero-order valence-corrected chi connectivity index (χ0v) is 25.0. The van der Waals surface area contributed by atoms with Crippen LogP contribution in [0.25, 0.3) is 17.4 Å². The molecule has 1 aliphatic heterocycles. The SMILES string of the molecule is CCOC(=O)C1=C(C)N=c2sc(=Cc3ccc(-c4cc(C)c(C)c(C)c4)o3)c(=O)n2C1c1ccc(OC)c(OC)c1. The van der Waals surface area contributed by atoms with Gasteiger partial charge in [0.05, 0.1) is 42.7 Å². The molecule has 2 aromatic heterocycles. The lowest BCUT2D eigenvalue weighted by atomic mass is 9.95. The number of fused-ring (bicyclic) bond motifs is 1. The number of thiazole rings is 1. The first-order valence-electron chi connectivity index (χ1n) is 13.3. The Morgan fingerprint density at radius 1 is 1.02 bits per heavy atom. The number of methoxy groups -OCH3 is 2. The first kappa shape index (κ1) is 28.2. The molecule has 4 aromatic rings. The van der Waals surface area contributed by atoms with Crippen molar-refractivity contribution >= 4 is 23.4 Å². The number of esters is 1. The van der Waals surface area contributed by atoms with Crippen LogP contribution in [0.1, 0.15) is 47.9 Å². The van der Waals surface area contributed by atoms with Gasteiger partial charge in [0.25, 0.3) is 5.56 Å². The van der Waals surface area contributed by atoms with E-state index in [9.17, 15) is 9.59 Å². The molecule has 2 aromatic carbocycles. The number of allylic oxidation sites excluding steroid dienone is 1. The Bertz CT molecular complexity index is 1850. The van der Waals surface area contributed by atoms with Crippen molar-refractivity contribution in [2.75, 3.05) is 20.8 Å². The highest BCUT2D eigenvalue weighted by Crippen LogP contribution is 2.36. The van der Waals surface area contributed by atoms with E-state index in [0.29, 0.717) is 43.4 Å². The minimum Gasteiger partial charge on any atom is -0.493 e. The summed E-state index contributed by atoms with van der Waals surface area (Å²) in [7, 11) is 3.09. The third-order valence-electron chi connectivity index (χ3n) is 7.35. The van der Waals surface area contributed by atoms with Gasteiger partial charge in [-0.1, -0.05) is 17.4 Å². The van der Waals surface area contributed by atoms with Crippen LogP contribution in [0, 0.1) is 20.8 Å². The molecule has 0 amide bonds. The lowest BCUT2D eigenvalue weighted by Crippen LogP contribution is -2.39. The van der Waals surface area contributed by atoms with E-state index in [0.717, 1.165) is 11.3 Å². The number of benzene rings is 2. The normalized spacial score (nSPS) is 15.0. The molecule has 0 saturated heterocycles. The summed E-state index contributed by atoms with van der Waals surface area (Å²) in [5, 5.41) is 0. The summed E-state index contributed by atoms with van der Waals surface area (Å²) in [6.45, 7) is 9.95. The van der Waals surface area contributed by atoms with Crippen molar-refractivity contribution in [2.45, 2.75) is 40.7 Å². The van der Waals surface area contributed by atoms with Crippen LogP contribution in [0.5, 0.6) is 11.5 Å². The zero-order valence-electron chi connectivity index (χ0n) is 24.2. The Labute approximate surface area is 241 Å². The summed E-state index contributed by atoms with van der Waals surface area (Å²) in [5.74, 6) is 1.76. The standard InChI is InChI=1S/C32H32N2O6S/c1-8-39-31(36)28-20(5)33-32-34(29(28)21-9-11-25(37-6)26(15-21)38-7)30(35)27(41-32)16-23-10-12-24(40-23)22-13-17(2)19(4)18(3)14-22/h9-16,29H,8H2,1-7H3. The Kier molecular flexibility index (Phi) is 7.73. The predicted molar refractivity (Wildman–Crippen MR) is 158 cm³/mol. The van der Waals surface area contributed by atoms with Crippen LogP contribution in [-0.2, 0) is 9.53 Å². The molecule has 0 radical (unpaired) electrons. The van der Waals surface area contributed by atoms with Crippen LogP contribution >= 0.6 is 11.3 Å². The third-order valence-corrected chi connectivity index (χ3v) is 8.33. The van der Waals surface area contributed by atoms with E-state index in [4.69, 9.17) is 18.6 Å². The monoisotopic (exact) mass is 572 g/mol. The van der Waals surface area contributed by atoms with Gasteiger partial charge in [-0.2, -0.15) is 0 Å². The highest BCUT2D eigenvalue weighted by Gasteiger charge is 2.34. The summed E-state index contributed by atoms with van der Waals surface area (Å²) in [5.41, 5.74) is 5.77. The largest absolute Gasteiger partial charge is 0.493 e. The maximum atomic E-state index is 13.9. The van der Waals surface area contributed by atoms with Crippen molar-refractivity contribution < 1.29 is 23.4 Å². The molecule has 1 aliphatic rings. The van der Waals surface area contributed by atoms with Gasteiger partial charge in [0.15, 0.2) is 16.3 Å². The molecule has 5 rings (SSSR count). The minimum absolute atomic E-state index is 0.194. The molecule has 41 heavy (non-hydrogen) atoms. The lowest BCUT2D eigenvalue weighted by Gasteiger charge is -2.25. The van der Waals surface area contributed by atoms with Gasteiger partial charge in [0.2, 0.25) is 0 Å². The Balaban J connectivity index is 1.65. The molecule has 0 aliphatic carbocycles. The van der Waals surface area contributed by atoms with E-state index in [-0.39, 0.29) is 12.2 Å². The Hall–Kier alpha value is -4.37. The van der Waals surface area contributed by atoms with Gasteiger partial charge in [-0.15, -0.1) is 0 Å². The van der Waals surface area contributed by atoms with Crippen molar-refractivity contribution in [3.05, 3.63) is 101 Å². The van der Waals surface area contributed by atoms with Crippen LogP contribution in [0.4, 0.5) is 0 Å². The quantitative estimate of drug-likeness (QED) is 0.290. The summed E-state index contributed by atoms with van der Waals surface area (Å²) in [6.07, 6.45) is 1.72. The minimum atomic E-state index is -0.766. The van der Waals surface area contributed by atoms with Crippen molar-refractivity contribution in [1.82, 2.24) is 4.57 Å². The molecule has 212 valence electrons. The van der Waals surface area contributed by atoms with E-state index in [1.54, 1.807) is 39.2 Å². The number of ether oxygens (including phenoxy) is 3. The molecule has 1 unspecified atom stereocenters. The summed E-state index contributed by atoms with van der Waals surface area (Å²) in [6, 6.07) is 12.5. The first-order valence-corrected chi connectivity index (χ1v) is 14.1. The van der Waals surface area contributed by atoms with Crippen molar-refractivity contribution in [2.24, 2.45) is 4.99 Å². The molecule has 1 atom stereocenters. The van der Waals surface area contributed by atoms with Crippen molar-refractivity contribution in [1.29, 1.82) is 0 Å². The van der Waals surface area contributed by atoms with Gasteiger partial charge in [-0.25, -0.2) is 9.79 Å². The van der Waals surface area contributed by atoms with Crippen LogP contribution < -0.4 is 24.4 Å². The first-order chi connectivity index (χ1) is 19.7. The smallest absolute Gasteiger partial charge is 0.338 e. The number of hydrogen-bond acceptors (Lipinski definition) is 8. The number of hydrogen-bond donors (Lipinski definition) is 0. The number of aryl methyl sites for hydroxylation is 2. The highest BCUT2D eigenvalue weighted by atomic mass is 32.1. The fraction of sp³-hybridized carbons (Fsp3) is 0.281. The summed E-state index contributed by atoms with van der Waals surface area (Å²) < 4.78 is 24.4. The molecular formula is C32H32N2O6S. The molecule has 0 saturated carbocycles. The zero-order chi connectivity index (χ0) is 29.4. The third kappa shape index (κ3) is 5.13. The van der Waals surface area contributed by atoms with Crippen LogP contribution in [0.2, 0.25) is 0 Å². The van der Waals surface area contributed by atoms with Gasteiger partial charge in [0.1, 0.15) is 11.5 Å². The summed E-state index contributed by atoms with van der Waals surface area (Å²) >= 11 is 1.24. The van der Waals surface area contributed by atoms with Gasteiger partial charge in [-0.05, 0) is 93.3 Å². The second kappa shape index (κ2) is 11.2. The topological polar surface area (TPSA) is 92.3 Å². The molecule has 0 bridgehead atoms. The van der Waals surface area contributed by atoms with Gasteiger partial charge < -0.3 is 18.6 Å². The Morgan fingerprint density at radius 2 is 1.73 bits per heavy atom. The molecule has 0 spiro atoms. The van der Waals surface area contributed by atoms with Crippen molar-refractivity contribution in [3.8, 4) is 22.8 Å². The van der Waals surface area contributed by atoms with Crippen molar-refractivity contribution in [3.63, 3.8) is 0 Å². The van der Waals surface area contributed by atoms with Gasteiger partial charge in [0, 0.05) is 11.6 Å². The van der Waals surface area contributed by atoms with Crippen LogP contribution in [0.15, 0.2) is 67.9 Å². The maximum Gasteiger partial charge on any atom is 0.338 e. The molecule has 8 nitrogen and oxygen atoms in total. The number of furan rings is 1.